The predicted molar refractivity (Wildman–Crippen MR) is 76.2 cm³/mol. The monoisotopic (exact) mass is 300 g/mol. The van der Waals surface area contributed by atoms with Crippen LogP contribution in [0, 0.1) is 20.2 Å². The molecule has 1 aliphatic rings. The summed E-state index contributed by atoms with van der Waals surface area (Å²) in [6.45, 7) is 0. The van der Waals surface area contributed by atoms with Crippen molar-refractivity contribution in [3.63, 3.8) is 0 Å². The highest BCUT2D eigenvalue weighted by Crippen LogP contribution is 2.33. The van der Waals surface area contributed by atoms with Gasteiger partial charge in [-0.25, -0.2) is 10.5 Å². The highest BCUT2D eigenvalue weighted by atomic mass is 16.7. The van der Waals surface area contributed by atoms with Crippen LogP contribution < -0.4 is 10.3 Å². The number of hydrogen-bond donors (Lipinski definition) is 1. The van der Waals surface area contributed by atoms with E-state index in [1.165, 1.54) is 36.4 Å². The molecule has 0 aromatic heterocycles. The summed E-state index contributed by atoms with van der Waals surface area (Å²) < 4.78 is 0. The van der Waals surface area contributed by atoms with Gasteiger partial charge in [-0.3, -0.25) is 20.2 Å². The average molecular weight is 300 g/mol. The average Bonchev–Trinajstić information content (AvgIpc) is 2.53. The number of nitrogens with zero attached hydrogens (tertiary/aromatic N) is 3. The fraction of sp³-hybridized carbons (Fsp3) is 0. The summed E-state index contributed by atoms with van der Waals surface area (Å²) >= 11 is 0. The van der Waals surface area contributed by atoms with E-state index >= 15 is 0 Å². The third kappa shape index (κ3) is 2.42. The lowest BCUT2D eigenvalue weighted by Crippen LogP contribution is -2.30. The number of hydroxylamine groups is 1. The van der Waals surface area contributed by atoms with Crippen LogP contribution in [0.3, 0.4) is 0 Å². The Morgan fingerprint density at radius 2 is 1.73 bits per heavy atom. The van der Waals surface area contributed by atoms with E-state index in [9.17, 15) is 20.2 Å². The Labute approximate surface area is 123 Å². The second-order valence-electron chi connectivity index (χ2n) is 4.38. The predicted octanol–water partition coefficient (Wildman–Crippen LogP) is 2.48. The molecular weight excluding hydrogens is 292 g/mol. The maximum absolute atomic E-state index is 10.8. The summed E-state index contributed by atoms with van der Waals surface area (Å²) in [5.41, 5.74) is 3.20. The van der Waals surface area contributed by atoms with Gasteiger partial charge in [-0.2, -0.15) is 0 Å². The molecule has 1 heterocycles. The fourth-order valence-corrected chi connectivity index (χ4v) is 1.93. The zero-order valence-corrected chi connectivity index (χ0v) is 10.9. The lowest BCUT2D eigenvalue weighted by molar-refractivity contribution is -0.385. The molecule has 1 aliphatic heterocycles. The Kier molecular flexibility index (Phi) is 3.14. The molecule has 3 rings (SSSR count). The topological polar surface area (TPSA) is 120 Å². The van der Waals surface area contributed by atoms with Gasteiger partial charge in [0.05, 0.1) is 15.9 Å². The molecule has 0 saturated heterocycles. The van der Waals surface area contributed by atoms with E-state index in [1.807, 2.05) is 0 Å². The minimum absolute atomic E-state index is 0.0727. The molecule has 0 spiro atoms. The number of nitrogens with one attached hydrogen (secondary N) is 1. The van der Waals surface area contributed by atoms with E-state index < -0.39 is 9.85 Å². The highest BCUT2D eigenvalue weighted by molar-refractivity contribution is 6.01. The summed E-state index contributed by atoms with van der Waals surface area (Å²) in [4.78, 5) is 29.9. The molecule has 0 radical (unpaired) electrons. The Bertz CT molecular complexity index is 818. The molecular formula is C13H8N4O5. The van der Waals surface area contributed by atoms with Crippen LogP contribution in [0.1, 0.15) is 5.56 Å². The molecule has 110 valence electrons. The van der Waals surface area contributed by atoms with Gasteiger partial charge < -0.3 is 4.84 Å². The van der Waals surface area contributed by atoms with Crippen LogP contribution in [0.5, 0.6) is 5.75 Å². The van der Waals surface area contributed by atoms with Crippen molar-refractivity contribution in [1.82, 2.24) is 5.48 Å². The van der Waals surface area contributed by atoms with Crippen molar-refractivity contribution in [1.29, 1.82) is 0 Å². The second-order valence-corrected chi connectivity index (χ2v) is 4.38. The number of amidine groups is 1. The number of benzene rings is 2. The second kappa shape index (κ2) is 5.13. The van der Waals surface area contributed by atoms with Gasteiger partial charge in [0.15, 0.2) is 11.6 Å². The van der Waals surface area contributed by atoms with Gasteiger partial charge >= 0.3 is 0 Å². The van der Waals surface area contributed by atoms with Crippen LogP contribution in [0.4, 0.5) is 17.1 Å². The quantitative estimate of drug-likeness (QED) is 0.686. The van der Waals surface area contributed by atoms with Crippen LogP contribution in [0.2, 0.25) is 0 Å². The number of fused-ring (bicyclic) bond motifs is 1. The van der Waals surface area contributed by atoms with Gasteiger partial charge in [-0.15, -0.1) is 0 Å². The van der Waals surface area contributed by atoms with Crippen LogP contribution in [0.15, 0.2) is 47.5 Å². The maximum Gasteiger partial charge on any atom is 0.273 e. The molecule has 0 amide bonds. The lowest BCUT2D eigenvalue weighted by atomic mass is 10.1. The molecule has 0 fully saturated rings. The Morgan fingerprint density at radius 3 is 2.45 bits per heavy atom. The van der Waals surface area contributed by atoms with Crippen molar-refractivity contribution in [2.24, 2.45) is 4.99 Å². The third-order valence-corrected chi connectivity index (χ3v) is 2.97. The Morgan fingerprint density at radius 1 is 1.00 bits per heavy atom. The molecule has 22 heavy (non-hydrogen) atoms. The number of nitro benzene ring substituents is 2. The number of aliphatic imine (C=N–C) groups is 1. The number of hydrogen-bond acceptors (Lipinski definition) is 7. The number of rotatable bonds is 3. The molecule has 0 aliphatic carbocycles. The van der Waals surface area contributed by atoms with E-state index in [2.05, 4.69) is 10.5 Å². The third-order valence-electron chi connectivity index (χ3n) is 2.97. The van der Waals surface area contributed by atoms with Crippen LogP contribution >= 0.6 is 0 Å². The summed E-state index contributed by atoms with van der Waals surface area (Å²) in [5.74, 6) is 0.494. The van der Waals surface area contributed by atoms with Crippen molar-refractivity contribution >= 4 is 22.9 Å². The van der Waals surface area contributed by atoms with Crippen LogP contribution in [-0.2, 0) is 0 Å². The molecule has 0 unspecified atom stereocenters. The molecule has 0 bridgehead atoms. The van der Waals surface area contributed by atoms with Crippen LogP contribution in [0.25, 0.3) is 0 Å². The van der Waals surface area contributed by atoms with Crippen molar-refractivity contribution in [3.8, 4) is 5.75 Å². The Hall–Kier alpha value is -3.49. The van der Waals surface area contributed by atoms with Gasteiger partial charge in [-0.1, -0.05) is 12.1 Å². The summed E-state index contributed by atoms with van der Waals surface area (Å²) in [6, 6.07) is 9.89. The maximum atomic E-state index is 10.8. The van der Waals surface area contributed by atoms with E-state index in [1.54, 1.807) is 6.07 Å². The normalized spacial score (nSPS) is 12.5. The van der Waals surface area contributed by atoms with Gasteiger partial charge in [0, 0.05) is 23.8 Å². The smallest absolute Gasteiger partial charge is 0.273 e. The SMILES string of the molecule is O=[N+]([O-])c1cccc(C2=Nc3ccc([N+](=O)[O-])cc3ON2)c1. The zero-order chi connectivity index (χ0) is 15.7. The minimum Gasteiger partial charge on any atom is -0.378 e. The van der Waals surface area contributed by atoms with Crippen molar-refractivity contribution in [2.75, 3.05) is 0 Å². The van der Waals surface area contributed by atoms with Gasteiger partial charge in [0.2, 0.25) is 0 Å². The Balaban J connectivity index is 1.99. The molecule has 9 heteroatoms. The van der Waals surface area contributed by atoms with E-state index in [0.29, 0.717) is 11.3 Å². The highest BCUT2D eigenvalue weighted by Gasteiger charge is 2.19. The first-order valence-corrected chi connectivity index (χ1v) is 6.09. The van der Waals surface area contributed by atoms with Gasteiger partial charge in [0.1, 0.15) is 5.69 Å². The summed E-state index contributed by atoms with van der Waals surface area (Å²) in [5, 5.41) is 21.5. The summed E-state index contributed by atoms with van der Waals surface area (Å²) in [7, 11) is 0. The molecule has 0 saturated carbocycles. The largest absolute Gasteiger partial charge is 0.378 e. The minimum atomic E-state index is -0.538. The van der Waals surface area contributed by atoms with Crippen LogP contribution in [-0.4, -0.2) is 15.7 Å². The fourth-order valence-electron chi connectivity index (χ4n) is 1.93. The van der Waals surface area contributed by atoms with Gasteiger partial charge in [0.25, 0.3) is 11.4 Å². The number of nitro groups is 2. The van der Waals surface area contributed by atoms with E-state index in [4.69, 9.17) is 4.84 Å². The summed E-state index contributed by atoms with van der Waals surface area (Å²) in [6.07, 6.45) is 0. The van der Waals surface area contributed by atoms with Crippen molar-refractivity contribution in [3.05, 3.63) is 68.3 Å². The van der Waals surface area contributed by atoms with E-state index in [-0.39, 0.29) is 23.0 Å². The molecule has 2 aromatic rings. The van der Waals surface area contributed by atoms with Crippen molar-refractivity contribution in [2.45, 2.75) is 0 Å². The standard InChI is InChI=1S/C13H8N4O5/c18-16(19)9-3-1-2-8(6-9)13-14-11-5-4-10(17(20)21)7-12(11)22-15-13/h1-7H,(H,14,15). The van der Waals surface area contributed by atoms with E-state index in [0.717, 1.165) is 0 Å². The first-order valence-electron chi connectivity index (χ1n) is 6.09. The first-order chi connectivity index (χ1) is 10.5. The molecule has 1 N–H and O–H groups in total. The molecule has 2 aromatic carbocycles. The lowest BCUT2D eigenvalue weighted by Gasteiger charge is -2.17. The molecule has 0 atom stereocenters. The number of non-ortho nitro benzene ring substituents is 2. The zero-order valence-electron chi connectivity index (χ0n) is 10.9. The first kappa shape index (κ1) is 13.5. The molecule has 9 nitrogen and oxygen atoms in total. The van der Waals surface area contributed by atoms with Crippen molar-refractivity contribution < 1.29 is 14.7 Å². The van der Waals surface area contributed by atoms with Gasteiger partial charge in [-0.05, 0) is 6.07 Å².